The topological polar surface area (TPSA) is 36.0 Å². The monoisotopic (exact) mass is 303 g/mol. The molecule has 22 heavy (non-hydrogen) atoms. The molecule has 1 amide bonds. The fourth-order valence-corrected chi connectivity index (χ4v) is 3.36. The molecule has 0 aliphatic carbocycles. The van der Waals surface area contributed by atoms with E-state index in [-0.39, 0.29) is 6.09 Å². The maximum Gasteiger partial charge on any atom is 0.409 e. The van der Waals surface area contributed by atoms with E-state index in [0.29, 0.717) is 12.6 Å². The Kier molecular flexibility index (Phi) is 4.52. The average Bonchev–Trinajstić information content (AvgIpc) is 3.14. The van der Waals surface area contributed by atoms with E-state index >= 15 is 0 Å². The van der Waals surface area contributed by atoms with Gasteiger partial charge in [0.1, 0.15) is 6.61 Å². The maximum atomic E-state index is 11.5. The number of carbonyl (C=O) groups excluding carboxylic acids is 1. The van der Waals surface area contributed by atoms with Crippen molar-refractivity contribution in [1.29, 1.82) is 0 Å². The highest BCUT2D eigenvalue weighted by Gasteiger charge is 2.28. The Morgan fingerprint density at radius 1 is 1.27 bits per heavy atom. The van der Waals surface area contributed by atoms with Gasteiger partial charge in [0.15, 0.2) is 0 Å². The number of amides is 1. The zero-order valence-electron chi connectivity index (χ0n) is 13.5. The molecule has 1 aromatic rings. The summed E-state index contributed by atoms with van der Waals surface area (Å²) in [5.41, 5.74) is 2.63. The SMILES string of the molecule is CN(C)c1cccc(C2CCCN2CCN2CCOC2=O)c1. The molecule has 1 aromatic carbocycles. The molecule has 3 rings (SSSR count). The Morgan fingerprint density at radius 2 is 2.14 bits per heavy atom. The predicted molar refractivity (Wildman–Crippen MR) is 87.2 cm³/mol. The lowest BCUT2D eigenvalue weighted by Crippen LogP contribution is -2.35. The maximum absolute atomic E-state index is 11.5. The molecule has 5 nitrogen and oxygen atoms in total. The lowest BCUT2D eigenvalue weighted by Gasteiger charge is -2.27. The van der Waals surface area contributed by atoms with Gasteiger partial charge >= 0.3 is 6.09 Å². The zero-order chi connectivity index (χ0) is 15.5. The molecule has 5 heteroatoms. The smallest absolute Gasteiger partial charge is 0.409 e. The quantitative estimate of drug-likeness (QED) is 0.836. The van der Waals surface area contributed by atoms with Crippen LogP contribution in [0.5, 0.6) is 0 Å². The molecule has 0 saturated carbocycles. The van der Waals surface area contributed by atoms with Crippen molar-refractivity contribution in [2.24, 2.45) is 0 Å². The van der Waals surface area contributed by atoms with E-state index in [0.717, 1.165) is 26.2 Å². The Labute approximate surface area is 132 Å². The molecule has 2 aliphatic rings. The number of anilines is 1. The molecular weight excluding hydrogens is 278 g/mol. The van der Waals surface area contributed by atoms with E-state index in [1.807, 2.05) is 4.90 Å². The van der Waals surface area contributed by atoms with Crippen LogP contribution in [0.25, 0.3) is 0 Å². The minimum absolute atomic E-state index is 0.162. The Hall–Kier alpha value is -1.75. The van der Waals surface area contributed by atoms with Gasteiger partial charge in [0, 0.05) is 38.9 Å². The van der Waals surface area contributed by atoms with Gasteiger partial charge in [0.25, 0.3) is 0 Å². The van der Waals surface area contributed by atoms with E-state index in [4.69, 9.17) is 4.74 Å². The molecule has 120 valence electrons. The van der Waals surface area contributed by atoms with Crippen molar-refractivity contribution in [1.82, 2.24) is 9.80 Å². The normalized spacial score (nSPS) is 22.2. The van der Waals surface area contributed by atoms with Crippen molar-refractivity contribution in [3.05, 3.63) is 29.8 Å². The van der Waals surface area contributed by atoms with Gasteiger partial charge < -0.3 is 14.5 Å². The first kappa shape index (κ1) is 15.2. The highest BCUT2D eigenvalue weighted by molar-refractivity contribution is 5.69. The second-order valence-electron chi connectivity index (χ2n) is 6.28. The first-order valence-electron chi connectivity index (χ1n) is 8.08. The lowest BCUT2D eigenvalue weighted by molar-refractivity contribution is 0.152. The van der Waals surface area contributed by atoms with E-state index in [2.05, 4.69) is 48.2 Å². The summed E-state index contributed by atoms with van der Waals surface area (Å²) >= 11 is 0. The number of nitrogens with zero attached hydrogens (tertiary/aromatic N) is 3. The third-order valence-electron chi connectivity index (χ3n) is 4.64. The molecule has 2 heterocycles. The number of hydrogen-bond acceptors (Lipinski definition) is 4. The first-order valence-corrected chi connectivity index (χ1v) is 8.08. The highest BCUT2D eigenvalue weighted by atomic mass is 16.6. The number of cyclic esters (lactones) is 1. The third kappa shape index (κ3) is 3.19. The molecular formula is C17H25N3O2. The third-order valence-corrected chi connectivity index (χ3v) is 4.64. The Bertz CT molecular complexity index is 532. The van der Waals surface area contributed by atoms with Crippen LogP contribution in [-0.4, -0.2) is 62.8 Å². The van der Waals surface area contributed by atoms with Crippen molar-refractivity contribution in [3.63, 3.8) is 0 Å². The Balaban J connectivity index is 1.65. The van der Waals surface area contributed by atoms with E-state index in [1.165, 1.54) is 24.1 Å². The van der Waals surface area contributed by atoms with Crippen LogP contribution < -0.4 is 4.90 Å². The van der Waals surface area contributed by atoms with Crippen LogP contribution in [0.2, 0.25) is 0 Å². The second kappa shape index (κ2) is 6.57. The van der Waals surface area contributed by atoms with Crippen molar-refractivity contribution in [3.8, 4) is 0 Å². The molecule has 1 atom stereocenters. The van der Waals surface area contributed by atoms with Gasteiger partial charge in [-0.2, -0.15) is 0 Å². The molecule has 0 N–H and O–H groups in total. The molecule has 1 unspecified atom stereocenters. The summed E-state index contributed by atoms with van der Waals surface area (Å²) in [5, 5.41) is 0. The van der Waals surface area contributed by atoms with Crippen LogP contribution in [0.4, 0.5) is 10.5 Å². The Morgan fingerprint density at radius 3 is 2.86 bits per heavy atom. The van der Waals surface area contributed by atoms with E-state index in [1.54, 1.807) is 0 Å². The minimum atomic E-state index is -0.162. The zero-order valence-corrected chi connectivity index (χ0v) is 13.5. The molecule has 0 spiro atoms. The molecule has 2 saturated heterocycles. The summed E-state index contributed by atoms with van der Waals surface area (Å²) < 4.78 is 5.00. The first-order chi connectivity index (χ1) is 10.6. The summed E-state index contributed by atoms with van der Waals surface area (Å²) in [4.78, 5) is 18.0. The summed E-state index contributed by atoms with van der Waals surface area (Å²) in [6.07, 6.45) is 2.26. The van der Waals surface area contributed by atoms with Crippen molar-refractivity contribution in [2.75, 3.05) is 51.8 Å². The second-order valence-corrected chi connectivity index (χ2v) is 6.28. The summed E-state index contributed by atoms with van der Waals surface area (Å²) in [5.74, 6) is 0. The number of hydrogen-bond donors (Lipinski definition) is 0. The van der Waals surface area contributed by atoms with E-state index < -0.39 is 0 Å². The largest absolute Gasteiger partial charge is 0.448 e. The fourth-order valence-electron chi connectivity index (χ4n) is 3.36. The molecule has 0 bridgehead atoms. The van der Waals surface area contributed by atoms with E-state index in [9.17, 15) is 4.79 Å². The van der Waals surface area contributed by atoms with Crippen LogP contribution >= 0.6 is 0 Å². The van der Waals surface area contributed by atoms with Crippen molar-refractivity contribution in [2.45, 2.75) is 18.9 Å². The summed E-state index contributed by atoms with van der Waals surface area (Å²) in [7, 11) is 4.15. The molecule has 2 fully saturated rings. The fraction of sp³-hybridized carbons (Fsp3) is 0.588. The molecule has 0 radical (unpaired) electrons. The molecule has 0 aromatic heterocycles. The van der Waals surface area contributed by atoms with Crippen LogP contribution in [0.3, 0.4) is 0 Å². The number of rotatable bonds is 5. The minimum Gasteiger partial charge on any atom is -0.448 e. The highest BCUT2D eigenvalue weighted by Crippen LogP contribution is 2.33. The number of likely N-dealkylation sites (tertiary alicyclic amines) is 1. The standard InChI is InChI=1S/C17H25N3O2/c1-18(2)15-6-3-5-14(13-15)16-7-4-8-19(16)9-10-20-11-12-22-17(20)21/h3,5-6,13,16H,4,7-12H2,1-2H3. The predicted octanol–water partition coefficient (Wildman–Crippen LogP) is 2.34. The van der Waals surface area contributed by atoms with Gasteiger partial charge in [-0.25, -0.2) is 4.79 Å². The average molecular weight is 303 g/mol. The number of benzene rings is 1. The van der Waals surface area contributed by atoms with Crippen LogP contribution in [0.1, 0.15) is 24.4 Å². The number of carbonyl (C=O) groups is 1. The van der Waals surface area contributed by atoms with Crippen LogP contribution in [0, 0.1) is 0 Å². The lowest BCUT2D eigenvalue weighted by atomic mass is 10.0. The van der Waals surface area contributed by atoms with Crippen LogP contribution in [0.15, 0.2) is 24.3 Å². The van der Waals surface area contributed by atoms with Gasteiger partial charge in [0.2, 0.25) is 0 Å². The van der Waals surface area contributed by atoms with Gasteiger partial charge in [-0.3, -0.25) is 4.90 Å². The van der Waals surface area contributed by atoms with Gasteiger partial charge in [-0.1, -0.05) is 12.1 Å². The van der Waals surface area contributed by atoms with Crippen LogP contribution in [-0.2, 0) is 4.74 Å². The van der Waals surface area contributed by atoms with Gasteiger partial charge in [-0.15, -0.1) is 0 Å². The van der Waals surface area contributed by atoms with Gasteiger partial charge in [-0.05, 0) is 37.1 Å². The van der Waals surface area contributed by atoms with Gasteiger partial charge in [0.05, 0.1) is 6.54 Å². The summed E-state index contributed by atoms with van der Waals surface area (Å²) in [6, 6.07) is 9.26. The number of ether oxygens (including phenoxy) is 1. The van der Waals surface area contributed by atoms with Crippen molar-refractivity contribution >= 4 is 11.8 Å². The molecule has 2 aliphatic heterocycles. The van der Waals surface area contributed by atoms with Crippen molar-refractivity contribution < 1.29 is 9.53 Å². The summed E-state index contributed by atoms with van der Waals surface area (Å²) in [6.45, 7) is 4.06.